The second-order valence-corrected chi connectivity index (χ2v) is 3.29. The number of allylic oxidation sites excluding steroid dienone is 1. The SMILES string of the molecule is CCCCOC=CCc1ccccc1. The van der Waals surface area contributed by atoms with E-state index in [9.17, 15) is 0 Å². The van der Waals surface area contributed by atoms with Crippen molar-refractivity contribution in [2.75, 3.05) is 6.61 Å². The van der Waals surface area contributed by atoms with Crippen LogP contribution in [0.25, 0.3) is 0 Å². The Labute approximate surface area is 86.4 Å². The summed E-state index contributed by atoms with van der Waals surface area (Å²) < 4.78 is 5.32. The van der Waals surface area contributed by atoms with Crippen LogP contribution in [-0.4, -0.2) is 6.61 Å². The predicted octanol–water partition coefficient (Wildman–Crippen LogP) is 3.56. The summed E-state index contributed by atoms with van der Waals surface area (Å²) in [5, 5.41) is 0. The molecule has 0 saturated carbocycles. The molecule has 0 saturated heterocycles. The summed E-state index contributed by atoms with van der Waals surface area (Å²) in [7, 11) is 0. The van der Waals surface area contributed by atoms with E-state index in [0.717, 1.165) is 19.4 Å². The lowest BCUT2D eigenvalue weighted by molar-refractivity contribution is 0.243. The zero-order valence-corrected chi connectivity index (χ0v) is 8.78. The molecule has 76 valence electrons. The highest BCUT2D eigenvalue weighted by Gasteiger charge is 1.85. The van der Waals surface area contributed by atoms with Crippen LogP contribution in [0.1, 0.15) is 25.3 Å². The Morgan fingerprint density at radius 2 is 2.00 bits per heavy atom. The van der Waals surface area contributed by atoms with E-state index in [4.69, 9.17) is 4.74 Å². The van der Waals surface area contributed by atoms with Gasteiger partial charge in [0.15, 0.2) is 0 Å². The minimum absolute atomic E-state index is 0.835. The first-order valence-electron chi connectivity index (χ1n) is 5.24. The molecule has 0 aromatic heterocycles. The zero-order valence-electron chi connectivity index (χ0n) is 8.78. The Balaban J connectivity index is 2.14. The third-order valence-electron chi connectivity index (χ3n) is 2.00. The topological polar surface area (TPSA) is 9.23 Å². The van der Waals surface area contributed by atoms with E-state index in [1.165, 1.54) is 12.0 Å². The van der Waals surface area contributed by atoms with Gasteiger partial charge >= 0.3 is 0 Å². The molecule has 1 aromatic carbocycles. The molecule has 0 aliphatic heterocycles. The fraction of sp³-hybridized carbons (Fsp3) is 0.385. The maximum absolute atomic E-state index is 5.32. The molecule has 0 radical (unpaired) electrons. The lowest BCUT2D eigenvalue weighted by Crippen LogP contribution is -1.86. The first kappa shape index (κ1) is 10.8. The van der Waals surface area contributed by atoms with Crippen molar-refractivity contribution < 1.29 is 4.74 Å². The summed E-state index contributed by atoms with van der Waals surface area (Å²) >= 11 is 0. The highest BCUT2D eigenvalue weighted by molar-refractivity contribution is 5.16. The molecule has 0 N–H and O–H groups in total. The van der Waals surface area contributed by atoms with E-state index in [1.807, 2.05) is 12.3 Å². The standard InChI is InChI=1S/C13H18O/c1-2-3-11-14-12-7-10-13-8-5-4-6-9-13/h4-9,12H,2-3,10-11H2,1H3. The Morgan fingerprint density at radius 1 is 1.21 bits per heavy atom. The number of ether oxygens (including phenoxy) is 1. The van der Waals surface area contributed by atoms with E-state index < -0.39 is 0 Å². The molecule has 14 heavy (non-hydrogen) atoms. The van der Waals surface area contributed by atoms with E-state index in [1.54, 1.807) is 0 Å². The quantitative estimate of drug-likeness (QED) is 0.492. The molecule has 1 rings (SSSR count). The van der Waals surface area contributed by atoms with Crippen molar-refractivity contribution in [3.63, 3.8) is 0 Å². The fourth-order valence-corrected chi connectivity index (χ4v) is 1.16. The molecule has 0 bridgehead atoms. The second kappa shape index (κ2) is 7.19. The van der Waals surface area contributed by atoms with E-state index in [0.29, 0.717) is 0 Å². The highest BCUT2D eigenvalue weighted by atomic mass is 16.5. The van der Waals surface area contributed by atoms with Gasteiger partial charge in [-0.25, -0.2) is 0 Å². The maximum Gasteiger partial charge on any atom is 0.0873 e. The Hall–Kier alpha value is -1.24. The predicted molar refractivity (Wildman–Crippen MR) is 60.1 cm³/mol. The van der Waals surface area contributed by atoms with Crippen LogP contribution in [0.4, 0.5) is 0 Å². The van der Waals surface area contributed by atoms with Crippen molar-refractivity contribution >= 4 is 0 Å². The van der Waals surface area contributed by atoms with Crippen LogP contribution in [-0.2, 0) is 11.2 Å². The van der Waals surface area contributed by atoms with Crippen LogP contribution in [0.15, 0.2) is 42.7 Å². The highest BCUT2D eigenvalue weighted by Crippen LogP contribution is 2.00. The fourth-order valence-electron chi connectivity index (χ4n) is 1.16. The average Bonchev–Trinajstić information content (AvgIpc) is 2.25. The van der Waals surface area contributed by atoms with Crippen LogP contribution in [0.3, 0.4) is 0 Å². The van der Waals surface area contributed by atoms with Crippen molar-refractivity contribution in [3.8, 4) is 0 Å². The van der Waals surface area contributed by atoms with E-state index in [-0.39, 0.29) is 0 Å². The molecular formula is C13H18O. The summed E-state index contributed by atoms with van der Waals surface area (Å²) in [4.78, 5) is 0. The molecule has 0 aliphatic rings. The molecule has 0 atom stereocenters. The van der Waals surface area contributed by atoms with Gasteiger partial charge in [-0.05, 0) is 24.5 Å². The average molecular weight is 190 g/mol. The van der Waals surface area contributed by atoms with Gasteiger partial charge in [-0.15, -0.1) is 0 Å². The largest absolute Gasteiger partial charge is 0.502 e. The van der Waals surface area contributed by atoms with Crippen molar-refractivity contribution in [1.29, 1.82) is 0 Å². The molecule has 0 unspecified atom stereocenters. The molecule has 0 fully saturated rings. The van der Waals surface area contributed by atoms with Gasteiger partial charge in [-0.3, -0.25) is 0 Å². The normalized spacial score (nSPS) is 10.6. The summed E-state index contributed by atoms with van der Waals surface area (Å²) in [6.45, 7) is 3.00. The number of benzene rings is 1. The number of rotatable bonds is 6. The number of hydrogen-bond donors (Lipinski definition) is 0. The molecule has 1 heteroatoms. The van der Waals surface area contributed by atoms with Crippen LogP contribution in [0.5, 0.6) is 0 Å². The van der Waals surface area contributed by atoms with Gasteiger partial charge < -0.3 is 4.74 Å². The molecule has 0 spiro atoms. The number of unbranched alkanes of at least 4 members (excludes halogenated alkanes) is 1. The van der Waals surface area contributed by atoms with Gasteiger partial charge in [0.25, 0.3) is 0 Å². The van der Waals surface area contributed by atoms with Gasteiger partial charge in [0.05, 0.1) is 12.9 Å². The molecule has 0 heterocycles. The van der Waals surface area contributed by atoms with Crippen LogP contribution in [0, 0.1) is 0 Å². The monoisotopic (exact) mass is 190 g/mol. The lowest BCUT2D eigenvalue weighted by atomic mass is 10.2. The van der Waals surface area contributed by atoms with E-state index in [2.05, 4.69) is 37.3 Å². The van der Waals surface area contributed by atoms with Gasteiger partial charge in [0.2, 0.25) is 0 Å². The smallest absolute Gasteiger partial charge is 0.0873 e. The van der Waals surface area contributed by atoms with Crippen molar-refractivity contribution in [2.24, 2.45) is 0 Å². The zero-order chi connectivity index (χ0) is 10.1. The maximum atomic E-state index is 5.32. The molecule has 1 aromatic rings. The third kappa shape index (κ3) is 4.70. The molecular weight excluding hydrogens is 172 g/mol. The number of hydrogen-bond acceptors (Lipinski definition) is 1. The Bertz CT molecular complexity index is 251. The first-order valence-corrected chi connectivity index (χ1v) is 5.24. The molecule has 1 nitrogen and oxygen atoms in total. The van der Waals surface area contributed by atoms with Crippen molar-refractivity contribution in [1.82, 2.24) is 0 Å². The summed E-state index contributed by atoms with van der Waals surface area (Å²) in [5.74, 6) is 0. The minimum atomic E-state index is 0.835. The third-order valence-corrected chi connectivity index (χ3v) is 2.00. The first-order chi connectivity index (χ1) is 6.93. The molecule has 0 aliphatic carbocycles. The summed E-state index contributed by atoms with van der Waals surface area (Å²) in [6, 6.07) is 10.4. The van der Waals surface area contributed by atoms with Crippen molar-refractivity contribution in [2.45, 2.75) is 26.2 Å². The van der Waals surface area contributed by atoms with Crippen LogP contribution >= 0.6 is 0 Å². The summed E-state index contributed by atoms with van der Waals surface area (Å²) in [6.07, 6.45) is 7.14. The van der Waals surface area contributed by atoms with Crippen molar-refractivity contribution in [3.05, 3.63) is 48.2 Å². The van der Waals surface area contributed by atoms with Crippen LogP contribution in [0.2, 0.25) is 0 Å². The van der Waals surface area contributed by atoms with Gasteiger partial charge in [0, 0.05) is 0 Å². The van der Waals surface area contributed by atoms with E-state index >= 15 is 0 Å². The van der Waals surface area contributed by atoms with Gasteiger partial charge in [-0.1, -0.05) is 43.7 Å². The molecule has 0 amide bonds. The lowest BCUT2D eigenvalue weighted by Gasteiger charge is -1.98. The Morgan fingerprint density at radius 3 is 2.71 bits per heavy atom. The van der Waals surface area contributed by atoms with Gasteiger partial charge in [0.1, 0.15) is 0 Å². The van der Waals surface area contributed by atoms with Crippen LogP contribution < -0.4 is 0 Å². The summed E-state index contributed by atoms with van der Waals surface area (Å²) in [5.41, 5.74) is 1.32. The minimum Gasteiger partial charge on any atom is -0.502 e. The van der Waals surface area contributed by atoms with Gasteiger partial charge in [-0.2, -0.15) is 0 Å². The second-order valence-electron chi connectivity index (χ2n) is 3.29. The Kier molecular flexibility index (Phi) is 5.57.